The van der Waals surface area contributed by atoms with Crippen LogP contribution >= 0.6 is 0 Å². The van der Waals surface area contributed by atoms with E-state index in [0.29, 0.717) is 57.2 Å². The first-order chi connectivity index (χ1) is 16.0. The van der Waals surface area contributed by atoms with Gasteiger partial charge in [0.15, 0.2) is 0 Å². The van der Waals surface area contributed by atoms with Crippen LogP contribution in [0.1, 0.15) is 57.9 Å². The summed E-state index contributed by atoms with van der Waals surface area (Å²) in [6.07, 6.45) is 7.14. The number of rotatable bonds is 15. The number of hydrazine groups is 1. The fraction of sp³-hybridized carbons (Fsp3) is 0.636. The lowest BCUT2D eigenvalue weighted by Gasteiger charge is -2.34. The lowest BCUT2D eigenvalue weighted by Crippen LogP contribution is -2.57. The van der Waals surface area contributed by atoms with Gasteiger partial charge in [0, 0.05) is 31.6 Å². The van der Waals surface area contributed by atoms with Gasteiger partial charge in [0.05, 0.1) is 5.56 Å². The molecule has 0 spiro atoms. The minimum Gasteiger partial charge on any atom is -0.480 e. The Kier molecular flexibility index (Phi) is 12.7. The highest BCUT2D eigenvalue weighted by Gasteiger charge is 2.31. The van der Waals surface area contributed by atoms with E-state index in [2.05, 4.69) is 27.2 Å². The molecule has 1 rings (SSSR count). The second-order valence-electron chi connectivity index (χ2n) is 8.31. The zero-order valence-corrected chi connectivity index (χ0v) is 20.7. The average Bonchev–Trinajstić information content (AvgIpc) is 2.74. The molecule has 0 saturated carbocycles. The summed E-state index contributed by atoms with van der Waals surface area (Å²) in [5.41, 5.74) is 8.90. The Balaban J connectivity index is 2.73. The number of aliphatic carboxylic acids is 2. The third-order valence-corrected chi connectivity index (χ3v) is 5.80. The highest BCUT2D eigenvalue weighted by molar-refractivity contribution is 7.90. The number of hydrogen-bond acceptors (Lipinski definition) is 9. The monoisotopic (exact) mass is 497 g/mol. The van der Waals surface area contributed by atoms with Crippen molar-refractivity contribution in [3.8, 4) is 11.8 Å². The van der Waals surface area contributed by atoms with Gasteiger partial charge in [-0.25, -0.2) is 28.8 Å². The molecule has 1 aromatic rings. The van der Waals surface area contributed by atoms with Crippen molar-refractivity contribution < 1.29 is 28.2 Å². The molecule has 0 aromatic carbocycles. The summed E-state index contributed by atoms with van der Waals surface area (Å²) in [5.74, 6) is 3.53. The van der Waals surface area contributed by atoms with Gasteiger partial charge in [0.2, 0.25) is 15.0 Å². The van der Waals surface area contributed by atoms with Crippen molar-refractivity contribution in [2.24, 2.45) is 11.7 Å². The number of hydrogen-bond donors (Lipinski definition) is 4. The zero-order valence-electron chi connectivity index (χ0n) is 19.9. The quantitative estimate of drug-likeness (QED) is 0.117. The molecule has 11 nitrogen and oxygen atoms in total. The van der Waals surface area contributed by atoms with Crippen LogP contribution in [0.5, 0.6) is 0 Å². The molecule has 0 unspecified atom stereocenters. The van der Waals surface area contributed by atoms with E-state index >= 15 is 0 Å². The van der Waals surface area contributed by atoms with Crippen LogP contribution in [0, 0.1) is 17.8 Å². The van der Waals surface area contributed by atoms with Gasteiger partial charge in [-0.1, -0.05) is 25.7 Å². The third-order valence-electron chi connectivity index (χ3n) is 4.93. The van der Waals surface area contributed by atoms with Crippen molar-refractivity contribution in [3.63, 3.8) is 0 Å². The molecule has 0 fully saturated rings. The van der Waals surface area contributed by atoms with Crippen molar-refractivity contribution in [2.75, 3.05) is 19.3 Å². The molecule has 34 heavy (non-hydrogen) atoms. The summed E-state index contributed by atoms with van der Waals surface area (Å²) < 4.78 is 22.8. The Hall–Kier alpha value is -2.59. The fourth-order valence-corrected chi connectivity index (χ4v) is 3.72. The predicted octanol–water partition coefficient (Wildman–Crippen LogP) is 0.900. The average molecular weight is 498 g/mol. The molecule has 0 aliphatic heterocycles. The Morgan fingerprint density at radius 2 is 1.76 bits per heavy atom. The molecule has 2 atom stereocenters. The molecule has 0 bridgehead atoms. The summed E-state index contributed by atoms with van der Waals surface area (Å²) in [6.45, 7) is 4.36. The van der Waals surface area contributed by atoms with Gasteiger partial charge in [0.1, 0.15) is 12.1 Å². The molecule has 12 heteroatoms. The van der Waals surface area contributed by atoms with Crippen LogP contribution in [0.3, 0.4) is 0 Å². The van der Waals surface area contributed by atoms with Crippen LogP contribution in [-0.2, 0) is 19.4 Å². The minimum absolute atomic E-state index is 0.238. The van der Waals surface area contributed by atoms with Gasteiger partial charge < -0.3 is 15.9 Å². The van der Waals surface area contributed by atoms with Crippen molar-refractivity contribution in [1.29, 1.82) is 0 Å². The van der Waals surface area contributed by atoms with Gasteiger partial charge in [-0.05, 0) is 44.6 Å². The van der Waals surface area contributed by atoms with Crippen LogP contribution in [0.25, 0.3) is 0 Å². The predicted molar refractivity (Wildman–Crippen MR) is 126 cm³/mol. The van der Waals surface area contributed by atoms with Gasteiger partial charge in [-0.15, -0.1) is 0 Å². The molecule has 190 valence electrons. The second-order valence-corrected chi connectivity index (χ2v) is 10.2. The molecule has 0 radical (unpaired) electrons. The van der Waals surface area contributed by atoms with Crippen molar-refractivity contribution >= 4 is 21.8 Å². The van der Waals surface area contributed by atoms with Crippen LogP contribution in [0.2, 0.25) is 0 Å². The van der Waals surface area contributed by atoms with Gasteiger partial charge in [-0.2, -0.15) is 0 Å². The van der Waals surface area contributed by atoms with E-state index in [-0.39, 0.29) is 11.1 Å². The smallest absolute Gasteiger partial charge is 0.322 e. The highest BCUT2D eigenvalue weighted by Crippen LogP contribution is 2.13. The maximum absolute atomic E-state index is 11.9. The number of unbranched alkanes of at least 4 members (excludes halogenated alkanes) is 3. The number of sulfone groups is 1. The largest absolute Gasteiger partial charge is 0.480 e. The number of aromatic nitrogens is 2. The van der Waals surface area contributed by atoms with Gasteiger partial charge in [0.25, 0.3) is 0 Å². The van der Waals surface area contributed by atoms with E-state index < -0.39 is 33.9 Å². The summed E-state index contributed by atoms with van der Waals surface area (Å²) in [4.78, 5) is 31.1. The second kappa shape index (κ2) is 14.6. The van der Waals surface area contributed by atoms with Crippen molar-refractivity contribution in [2.45, 2.75) is 69.6 Å². The first kappa shape index (κ1) is 29.4. The molecular formula is C22H35N5O6S. The zero-order chi connectivity index (χ0) is 25.7. The summed E-state index contributed by atoms with van der Waals surface area (Å²) >= 11 is 0. The normalized spacial score (nSPS) is 13.4. The molecule has 0 amide bonds. The Morgan fingerprint density at radius 3 is 2.26 bits per heavy atom. The minimum atomic E-state index is -3.47. The molecule has 0 aliphatic carbocycles. The third kappa shape index (κ3) is 10.6. The van der Waals surface area contributed by atoms with E-state index in [1.807, 2.05) is 0 Å². The molecule has 1 heterocycles. The van der Waals surface area contributed by atoms with E-state index in [4.69, 9.17) is 5.73 Å². The van der Waals surface area contributed by atoms with Crippen LogP contribution < -0.4 is 11.2 Å². The molecule has 1 aromatic heterocycles. The van der Waals surface area contributed by atoms with Crippen LogP contribution in [0.4, 0.5) is 0 Å². The number of carboxylic acids is 2. The van der Waals surface area contributed by atoms with E-state index in [1.54, 1.807) is 13.8 Å². The van der Waals surface area contributed by atoms with Crippen LogP contribution in [-0.4, -0.2) is 77.0 Å². The van der Waals surface area contributed by atoms with Crippen LogP contribution in [0.15, 0.2) is 17.6 Å². The fourth-order valence-electron chi connectivity index (χ4n) is 3.23. The SMILES string of the molecule is CC(C)[C@@H](C(=O)O)N(CCCCC#Cc1cnc(S(C)(=O)=O)nc1)N[C@@H](CCCCN)C(=O)O. The van der Waals surface area contributed by atoms with E-state index in [9.17, 15) is 28.2 Å². The Labute approximate surface area is 201 Å². The summed E-state index contributed by atoms with van der Waals surface area (Å²) in [6, 6.07) is -1.78. The molecule has 5 N–H and O–H groups in total. The highest BCUT2D eigenvalue weighted by atomic mass is 32.2. The topological polar surface area (TPSA) is 176 Å². The lowest BCUT2D eigenvalue weighted by molar-refractivity contribution is -0.151. The first-order valence-electron chi connectivity index (χ1n) is 11.2. The number of nitrogens with one attached hydrogen (secondary N) is 1. The maximum atomic E-state index is 11.9. The van der Waals surface area contributed by atoms with Crippen molar-refractivity contribution in [1.82, 2.24) is 20.4 Å². The Morgan fingerprint density at radius 1 is 1.12 bits per heavy atom. The summed E-state index contributed by atoms with van der Waals surface area (Å²) in [5, 5.41) is 20.5. The van der Waals surface area contributed by atoms with Gasteiger partial charge >= 0.3 is 11.9 Å². The van der Waals surface area contributed by atoms with E-state index in [0.717, 1.165) is 6.26 Å². The number of nitrogens with zero attached hydrogens (tertiary/aromatic N) is 3. The maximum Gasteiger partial charge on any atom is 0.322 e. The molecular weight excluding hydrogens is 462 g/mol. The summed E-state index contributed by atoms with van der Waals surface area (Å²) in [7, 11) is -3.47. The van der Waals surface area contributed by atoms with Gasteiger partial charge in [-0.3, -0.25) is 9.59 Å². The Bertz CT molecular complexity index is 956. The standard InChI is InChI=1S/C22H35N5O6S/c1-16(2)19(21(30)31)27(26-18(20(28)29)11-7-8-12-23)13-9-5-4-6-10-17-14-24-22(25-15-17)34(3,32)33/h14-16,18-19,26H,4-5,7-9,11-13,23H2,1-3H3,(H,28,29)(H,30,31)/t18-,19-/m0/s1. The number of carboxylic acid groups (broad SMARTS) is 2. The number of carbonyl (C=O) groups is 2. The lowest BCUT2D eigenvalue weighted by atomic mass is 10.0. The van der Waals surface area contributed by atoms with Crippen molar-refractivity contribution in [3.05, 3.63) is 18.0 Å². The molecule has 0 saturated heterocycles. The molecule has 0 aliphatic rings. The van der Waals surface area contributed by atoms with E-state index in [1.165, 1.54) is 17.4 Å². The number of nitrogens with two attached hydrogens (primary N) is 1. The first-order valence-corrected chi connectivity index (χ1v) is 13.1.